The van der Waals surface area contributed by atoms with Crippen LogP contribution in [0.2, 0.25) is 0 Å². The number of furan rings is 1. The van der Waals surface area contributed by atoms with Gasteiger partial charge in [-0.15, -0.1) is 0 Å². The molecule has 0 atom stereocenters. The number of esters is 1. The normalized spacial score (nSPS) is 16.0. The van der Waals surface area contributed by atoms with Gasteiger partial charge in [0, 0.05) is 42.9 Å². The molecule has 0 spiro atoms. The Morgan fingerprint density at radius 1 is 1.26 bits per heavy atom. The molecule has 0 radical (unpaired) electrons. The van der Waals surface area contributed by atoms with Crippen LogP contribution in [0.25, 0.3) is 11.0 Å². The molecule has 1 aromatic carbocycles. The maximum absolute atomic E-state index is 10.9. The summed E-state index contributed by atoms with van der Waals surface area (Å²) < 4.78 is 20.3. The first-order valence-corrected chi connectivity index (χ1v) is 10.5. The smallest absolute Gasteiger partial charge is 0.337 e. The lowest BCUT2D eigenvalue weighted by Gasteiger charge is -2.36. The molecule has 0 amide bonds. The SMILES string of the molecule is CCN(c1cc2oc(C=O)cc2cc1C)C1CCOCC1.COC(=O)C1=CCOC=C1. The predicted octanol–water partition coefficient (Wildman–Crippen LogP) is 4.19. The summed E-state index contributed by atoms with van der Waals surface area (Å²) in [6.45, 7) is 7.36. The second kappa shape index (κ2) is 10.8. The van der Waals surface area contributed by atoms with E-state index in [1.54, 1.807) is 18.2 Å². The fourth-order valence-electron chi connectivity index (χ4n) is 3.85. The lowest BCUT2D eigenvalue weighted by molar-refractivity contribution is -0.135. The molecule has 1 aromatic heterocycles. The van der Waals surface area contributed by atoms with Crippen LogP contribution in [-0.4, -0.2) is 51.8 Å². The van der Waals surface area contributed by atoms with Crippen molar-refractivity contribution in [2.45, 2.75) is 32.7 Å². The lowest BCUT2D eigenvalue weighted by Crippen LogP contribution is -2.39. The van der Waals surface area contributed by atoms with Crippen LogP contribution in [0, 0.1) is 6.92 Å². The van der Waals surface area contributed by atoms with Gasteiger partial charge in [-0.2, -0.15) is 0 Å². The van der Waals surface area contributed by atoms with Crippen LogP contribution in [0.15, 0.2) is 46.6 Å². The van der Waals surface area contributed by atoms with E-state index < -0.39 is 0 Å². The molecule has 7 heteroatoms. The fraction of sp³-hybridized carbons (Fsp3) is 0.417. The van der Waals surface area contributed by atoms with Crippen molar-refractivity contribution in [2.24, 2.45) is 0 Å². The molecule has 31 heavy (non-hydrogen) atoms. The van der Waals surface area contributed by atoms with Crippen molar-refractivity contribution >= 4 is 28.9 Å². The fourth-order valence-corrected chi connectivity index (χ4v) is 3.85. The first kappa shape index (κ1) is 22.6. The zero-order valence-electron chi connectivity index (χ0n) is 18.3. The third-order valence-corrected chi connectivity index (χ3v) is 5.42. The summed E-state index contributed by atoms with van der Waals surface area (Å²) in [4.78, 5) is 24.1. The number of aldehydes is 1. The van der Waals surface area contributed by atoms with Crippen molar-refractivity contribution in [3.8, 4) is 0 Å². The minimum atomic E-state index is -0.320. The Morgan fingerprint density at radius 3 is 2.65 bits per heavy atom. The van der Waals surface area contributed by atoms with E-state index in [1.807, 2.05) is 0 Å². The van der Waals surface area contributed by atoms with Gasteiger partial charge in [0.1, 0.15) is 12.2 Å². The quantitative estimate of drug-likeness (QED) is 0.523. The number of anilines is 1. The Bertz CT molecular complexity index is 968. The van der Waals surface area contributed by atoms with E-state index in [-0.39, 0.29) is 5.97 Å². The Labute approximate surface area is 182 Å². The molecule has 0 N–H and O–H groups in total. The van der Waals surface area contributed by atoms with E-state index in [2.05, 4.69) is 35.6 Å². The van der Waals surface area contributed by atoms with Crippen LogP contribution >= 0.6 is 0 Å². The van der Waals surface area contributed by atoms with Crippen LogP contribution in [-0.2, 0) is 19.0 Å². The van der Waals surface area contributed by atoms with Gasteiger partial charge in [0.05, 0.1) is 18.9 Å². The predicted molar refractivity (Wildman–Crippen MR) is 118 cm³/mol. The van der Waals surface area contributed by atoms with E-state index in [0.29, 0.717) is 24.0 Å². The summed E-state index contributed by atoms with van der Waals surface area (Å²) in [5.41, 5.74) is 3.75. The zero-order valence-corrected chi connectivity index (χ0v) is 18.3. The molecular formula is C24H29NO6. The highest BCUT2D eigenvalue weighted by Gasteiger charge is 2.22. The monoisotopic (exact) mass is 427 g/mol. The number of aryl methyl sites for hydroxylation is 1. The van der Waals surface area contributed by atoms with Crippen LogP contribution in [0.5, 0.6) is 0 Å². The third kappa shape index (κ3) is 5.55. The number of hydrogen-bond acceptors (Lipinski definition) is 7. The van der Waals surface area contributed by atoms with Gasteiger partial charge in [-0.05, 0) is 56.5 Å². The molecule has 2 aromatic rings. The van der Waals surface area contributed by atoms with Gasteiger partial charge in [0.2, 0.25) is 0 Å². The molecular weight excluding hydrogens is 398 g/mol. The molecule has 166 valence electrons. The van der Waals surface area contributed by atoms with Crippen LogP contribution in [0.4, 0.5) is 5.69 Å². The molecule has 4 rings (SSSR count). The highest BCUT2D eigenvalue weighted by atomic mass is 16.5. The standard InChI is InChI=1S/C17H21NO3.C7H8O3/c1-3-18(14-4-6-20-7-5-14)16-10-17-13(8-12(16)2)9-15(11-19)21-17;1-9-7(8)6-2-4-10-5-3-6/h8-11,14H,3-7H2,1-2H3;2-4H,5H2,1H3. The summed E-state index contributed by atoms with van der Waals surface area (Å²) in [5.74, 6) is 0.0650. The van der Waals surface area contributed by atoms with E-state index in [0.717, 1.165) is 49.9 Å². The maximum atomic E-state index is 10.9. The van der Waals surface area contributed by atoms with Crippen molar-refractivity contribution in [2.75, 3.05) is 38.4 Å². The molecule has 0 bridgehead atoms. The Morgan fingerprint density at radius 2 is 2.03 bits per heavy atom. The number of nitrogens with zero attached hydrogens (tertiary/aromatic N) is 1. The lowest BCUT2D eigenvalue weighted by atomic mass is 10.0. The molecule has 7 nitrogen and oxygen atoms in total. The molecule has 1 fully saturated rings. The third-order valence-electron chi connectivity index (χ3n) is 5.42. The van der Waals surface area contributed by atoms with Gasteiger partial charge in [0.25, 0.3) is 0 Å². The topological polar surface area (TPSA) is 78.2 Å². The number of carbonyl (C=O) groups excluding carboxylic acids is 2. The summed E-state index contributed by atoms with van der Waals surface area (Å²) in [5, 5.41) is 0.987. The van der Waals surface area contributed by atoms with Crippen molar-refractivity contribution < 1.29 is 28.2 Å². The van der Waals surface area contributed by atoms with Crippen molar-refractivity contribution in [3.05, 3.63) is 53.5 Å². The number of benzene rings is 1. The first-order chi connectivity index (χ1) is 15.1. The number of methoxy groups -OCH3 is 1. The molecule has 3 heterocycles. The van der Waals surface area contributed by atoms with E-state index in [1.165, 1.54) is 24.6 Å². The van der Waals surface area contributed by atoms with Crippen molar-refractivity contribution in [1.82, 2.24) is 0 Å². The minimum absolute atomic E-state index is 0.320. The minimum Gasteiger partial charge on any atom is -0.497 e. The average molecular weight is 427 g/mol. The molecule has 0 unspecified atom stereocenters. The molecule has 0 saturated carbocycles. The number of fused-ring (bicyclic) bond motifs is 1. The van der Waals surface area contributed by atoms with Gasteiger partial charge in [-0.25, -0.2) is 4.79 Å². The molecule has 0 aliphatic carbocycles. The van der Waals surface area contributed by atoms with Crippen molar-refractivity contribution in [3.63, 3.8) is 0 Å². The Hall–Kier alpha value is -3.06. The zero-order chi connectivity index (χ0) is 22.2. The molecule has 1 saturated heterocycles. The van der Waals surface area contributed by atoms with Crippen LogP contribution < -0.4 is 4.90 Å². The van der Waals surface area contributed by atoms with Gasteiger partial charge >= 0.3 is 5.97 Å². The highest BCUT2D eigenvalue weighted by Crippen LogP contribution is 2.31. The molecule has 2 aliphatic rings. The number of hydrogen-bond donors (Lipinski definition) is 0. The second-order valence-corrected chi connectivity index (χ2v) is 7.36. The largest absolute Gasteiger partial charge is 0.497 e. The van der Waals surface area contributed by atoms with Gasteiger partial charge in [-0.1, -0.05) is 0 Å². The summed E-state index contributed by atoms with van der Waals surface area (Å²) >= 11 is 0. The summed E-state index contributed by atoms with van der Waals surface area (Å²) in [6.07, 6.45) is 7.60. The Kier molecular flexibility index (Phi) is 7.89. The van der Waals surface area contributed by atoms with Gasteiger partial charge in [0.15, 0.2) is 12.0 Å². The maximum Gasteiger partial charge on any atom is 0.337 e. The van der Waals surface area contributed by atoms with Crippen LogP contribution in [0.3, 0.4) is 0 Å². The second-order valence-electron chi connectivity index (χ2n) is 7.36. The van der Waals surface area contributed by atoms with E-state index in [9.17, 15) is 9.59 Å². The number of ether oxygens (including phenoxy) is 3. The number of rotatable bonds is 5. The first-order valence-electron chi connectivity index (χ1n) is 10.5. The summed E-state index contributed by atoms with van der Waals surface area (Å²) in [6, 6.07) is 6.48. The Balaban J connectivity index is 0.000000229. The van der Waals surface area contributed by atoms with E-state index >= 15 is 0 Å². The van der Waals surface area contributed by atoms with Crippen molar-refractivity contribution in [1.29, 1.82) is 0 Å². The summed E-state index contributed by atoms with van der Waals surface area (Å²) in [7, 11) is 1.35. The average Bonchev–Trinajstić information content (AvgIpc) is 3.23. The van der Waals surface area contributed by atoms with Gasteiger partial charge < -0.3 is 23.5 Å². The molecule has 2 aliphatic heterocycles. The number of carbonyl (C=O) groups is 2. The highest BCUT2D eigenvalue weighted by molar-refractivity contribution is 5.91. The van der Waals surface area contributed by atoms with E-state index in [4.69, 9.17) is 13.9 Å². The van der Waals surface area contributed by atoms with Gasteiger partial charge in [-0.3, -0.25) is 4.79 Å². The van der Waals surface area contributed by atoms with Crippen LogP contribution in [0.1, 0.15) is 35.9 Å².